The second-order valence-corrected chi connectivity index (χ2v) is 7.58. The average Bonchev–Trinajstić information content (AvgIpc) is 2.63. The Morgan fingerprint density at radius 1 is 1.22 bits per heavy atom. The monoisotopic (exact) mass is 395 g/mol. The summed E-state index contributed by atoms with van der Waals surface area (Å²) in [5.74, 6) is 0.674. The highest BCUT2D eigenvalue weighted by Crippen LogP contribution is 2.23. The van der Waals surface area contributed by atoms with Gasteiger partial charge in [0.1, 0.15) is 5.75 Å². The van der Waals surface area contributed by atoms with Crippen LogP contribution in [0.1, 0.15) is 32.8 Å². The number of hydrogen-bond acceptors (Lipinski definition) is 4. The van der Waals surface area contributed by atoms with Gasteiger partial charge in [-0.15, -0.1) is 0 Å². The zero-order chi connectivity index (χ0) is 20.0. The molecule has 0 bridgehead atoms. The fraction of sp³-hybridized carbons (Fsp3) is 0.600. The third-order valence-electron chi connectivity index (χ3n) is 4.86. The van der Waals surface area contributed by atoms with Gasteiger partial charge in [0, 0.05) is 37.2 Å². The van der Waals surface area contributed by atoms with Crippen molar-refractivity contribution in [3.8, 4) is 5.75 Å². The van der Waals surface area contributed by atoms with Crippen molar-refractivity contribution in [1.82, 2.24) is 15.1 Å². The van der Waals surface area contributed by atoms with E-state index in [0.717, 1.165) is 12.0 Å². The summed E-state index contributed by atoms with van der Waals surface area (Å²) in [5, 5.41) is 3.62. The number of halogens is 1. The Balaban J connectivity index is 1.80. The summed E-state index contributed by atoms with van der Waals surface area (Å²) >= 11 is 5.96. The van der Waals surface area contributed by atoms with E-state index in [1.54, 1.807) is 24.0 Å². The molecule has 1 aromatic rings. The van der Waals surface area contributed by atoms with Crippen molar-refractivity contribution in [2.75, 3.05) is 32.7 Å². The highest BCUT2D eigenvalue weighted by atomic mass is 35.5. The Morgan fingerprint density at radius 2 is 1.89 bits per heavy atom. The van der Waals surface area contributed by atoms with E-state index in [2.05, 4.69) is 10.2 Å². The predicted molar refractivity (Wildman–Crippen MR) is 107 cm³/mol. The fourth-order valence-electron chi connectivity index (χ4n) is 3.00. The minimum atomic E-state index is -0.565. The van der Waals surface area contributed by atoms with Gasteiger partial charge in [-0.3, -0.25) is 14.5 Å². The Bertz CT molecular complexity index is 660. The molecule has 2 amide bonds. The molecule has 6 nitrogen and oxygen atoms in total. The molecule has 1 aliphatic rings. The van der Waals surface area contributed by atoms with E-state index >= 15 is 0 Å². The molecule has 1 saturated heterocycles. The number of benzene rings is 1. The molecular formula is C20H30ClN3O3. The number of carbonyl (C=O) groups excluding carboxylic acids is 2. The van der Waals surface area contributed by atoms with E-state index in [-0.39, 0.29) is 17.9 Å². The molecule has 150 valence electrons. The van der Waals surface area contributed by atoms with Crippen LogP contribution in [0.4, 0.5) is 0 Å². The lowest BCUT2D eigenvalue weighted by Crippen LogP contribution is -2.53. The van der Waals surface area contributed by atoms with Crippen LogP contribution in [0.3, 0.4) is 0 Å². The maximum Gasteiger partial charge on any atom is 0.263 e. The predicted octanol–water partition coefficient (Wildman–Crippen LogP) is 2.47. The van der Waals surface area contributed by atoms with Gasteiger partial charge in [-0.25, -0.2) is 0 Å². The van der Waals surface area contributed by atoms with Crippen molar-refractivity contribution in [3.63, 3.8) is 0 Å². The zero-order valence-corrected chi connectivity index (χ0v) is 17.4. The summed E-state index contributed by atoms with van der Waals surface area (Å²) in [4.78, 5) is 28.6. The molecule has 2 rings (SSSR count). The van der Waals surface area contributed by atoms with Crippen LogP contribution in [0.15, 0.2) is 18.2 Å². The first kappa shape index (κ1) is 21.5. The maximum atomic E-state index is 12.7. The summed E-state index contributed by atoms with van der Waals surface area (Å²) < 4.78 is 5.84. The molecule has 0 spiro atoms. The van der Waals surface area contributed by atoms with Crippen molar-refractivity contribution in [3.05, 3.63) is 28.8 Å². The molecule has 27 heavy (non-hydrogen) atoms. The number of nitrogens with one attached hydrogen (secondary N) is 1. The van der Waals surface area contributed by atoms with E-state index < -0.39 is 6.10 Å². The molecule has 2 unspecified atom stereocenters. The van der Waals surface area contributed by atoms with Crippen LogP contribution < -0.4 is 10.1 Å². The number of piperazine rings is 1. The summed E-state index contributed by atoms with van der Waals surface area (Å²) in [6.07, 6.45) is 0.351. The third-order valence-corrected chi connectivity index (χ3v) is 5.09. The van der Waals surface area contributed by atoms with Crippen molar-refractivity contribution in [2.45, 2.75) is 46.3 Å². The second-order valence-electron chi connectivity index (χ2n) is 7.15. The number of amides is 2. The number of nitrogens with zero attached hydrogens (tertiary/aromatic N) is 2. The molecule has 0 radical (unpaired) electrons. The lowest BCUT2D eigenvalue weighted by Gasteiger charge is -2.35. The summed E-state index contributed by atoms with van der Waals surface area (Å²) in [6, 6.07) is 5.55. The van der Waals surface area contributed by atoms with Crippen molar-refractivity contribution < 1.29 is 14.3 Å². The normalized spacial score (nSPS) is 17.3. The molecule has 2 atom stereocenters. The SMILES string of the molecule is CCC(C)NC(=O)CN1CCN(C(=O)C(C)Oc2ccc(Cl)cc2C)CC1. The van der Waals surface area contributed by atoms with Gasteiger partial charge in [-0.2, -0.15) is 0 Å². The molecule has 1 N–H and O–H groups in total. The van der Waals surface area contributed by atoms with Crippen molar-refractivity contribution >= 4 is 23.4 Å². The van der Waals surface area contributed by atoms with Gasteiger partial charge in [-0.1, -0.05) is 18.5 Å². The first-order valence-electron chi connectivity index (χ1n) is 9.53. The van der Waals surface area contributed by atoms with Crippen LogP contribution in [0.2, 0.25) is 5.02 Å². The molecule has 1 heterocycles. The minimum Gasteiger partial charge on any atom is -0.481 e. The summed E-state index contributed by atoms with van der Waals surface area (Å²) in [5.41, 5.74) is 0.902. The van der Waals surface area contributed by atoms with E-state index in [0.29, 0.717) is 43.5 Å². The largest absolute Gasteiger partial charge is 0.481 e. The van der Waals surface area contributed by atoms with Gasteiger partial charge >= 0.3 is 0 Å². The van der Waals surface area contributed by atoms with Crippen LogP contribution in [0.25, 0.3) is 0 Å². The third kappa shape index (κ3) is 6.40. The average molecular weight is 396 g/mol. The van der Waals surface area contributed by atoms with E-state index in [9.17, 15) is 9.59 Å². The number of aryl methyl sites for hydroxylation is 1. The van der Waals surface area contributed by atoms with Gasteiger partial charge in [-0.05, 0) is 51.0 Å². The van der Waals surface area contributed by atoms with Crippen LogP contribution in [0.5, 0.6) is 5.75 Å². The van der Waals surface area contributed by atoms with Crippen LogP contribution in [-0.2, 0) is 9.59 Å². The standard InChI is InChI=1S/C20H30ClN3O3/c1-5-15(3)22-19(25)13-23-8-10-24(11-9-23)20(26)16(4)27-18-7-6-17(21)12-14(18)2/h6-7,12,15-16H,5,8-11,13H2,1-4H3,(H,22,25). The molecule has 1 fully saturated rings. The number of hydrogen-bond donors (Lipinski definition) is 1. The second kappa shape index (κ2) is 9.95. The molecule has 1 aliphatic heterocycles. The lowest BCUT2D eigenvalue weighted by molar-refractivity contribution is -0.139. The Labute approximate surface area is 166 Å². The van der Waals surface area contributed by atoms with Gasteiger partial charge < -0.3 is 15.0 Å². The van der Waals surface area contributed by atoms with Crippen LogP contribution >= 0.6 is 11.6 Å². The van der Waals surface area contributed by atoms with Gasteiger partial charge in [0.05, 0.1) is 6.54 Å². The quantitative estimate of drug-likeness (QED) is 0.770. The Kier molecular flexibility index (Phi) is 7.92. The van der Waals surface area contributed by atoms with Crippen LogP contribution in [0, 0.1) is 6.92 Å². The van der Waals surface area contributed by atoms with Gasteiger partial charge in [0.25, 0.3) is 5.91 Å². The summed E-state index contributed by atoms with van der Waals surface area (Å²) in [6.45, 7) is 10.7. The maximum absolute atomic E-state index is 12.7. The lowest BCUT2D eigenvalue weighted by atomic mass is 10.2. The molecule has 0 aliphatic carbocycles. The first-order chi connectivity index (χ1) is 12.8. The molecule has 0 saturated carbocycles. The molecule has 1 aromatic carbocycles. The van der Waals surface area contributed by atoms with Crippen molar-refractivity contribution in [2.24, 2.45) is 0 Å². The topological polar surface area (TPSA) is 61.9 Å². The number of ether oxygens (including phenoxy) is 1. The van der Waals surface area contributed by atoms with E-state index in [4.69, 9.17) is 16.3 Å². The smallest absolute Gasteiger partial charge is 0.263 e. The first-order valence-corrected chi connectivity index (χ1v) is 9.91. The van der Waals surface area contributed by atoms with E-state index in [1.165, 1.54) is 0 Å². The Morgan fingerprint density at radius 3 is 2.48 bits per heavy atom. The molecule has 7 heteroatoms. The highest BCUT2D eigenvalue weighted by Gasteiger charge is 2.27. The van der Waals surface area contributed by atoms with Gasteiger partial charge in [0.2, 0.25) is 5.91 Å². The molecule has 0 aromatic heterocycles. The summed E-state index contributed by atoms with van der Waals surface area (Å²) in [7, 11) is 0. The fourth-order valence-corrected chi connectivity index (χ4v) is 3.22. The number of rotatable bonds is 7. The number of carbonyl (C=O) groups is 2. The minimum absolute atomic E-state index is 0.0342. The molecular weight excluding hydrogens is 366 g/mol. The van der Waals surface area contributed by atoms with Crippen LogP contribution in [-0.4, -0.2) is 66.5 Å². The zero-order valence-electron chi connectivity index (χ0n) is 16.6. The van der Waals surface area contributed by atoms with Crippen molar-refractivity contribution in [1.29, 1.82) is 0 Å². The highest BCUT2D eigenvalue weighted by molar-refractivity contribution is 6.30. The van der Waals surface area contributed by atoms with Gasteiger partial charge in [0.15, 0.2) is 6.10 Å². The Hall–Kier alpha value is -1.79. The van der Waals surface area contributed by atoms with E-state index in [1.807, 2.05) is 26.8 Å².